The Balaban J connectivity index is 2.09. The molecule has 2 N–H and O–H groups in total. The minimum absolute atomic E-state index is 0.326. The highest BCUT2D eigenvalue weighted by molar-refractivity contribution is 4.80. The second-order valence-electron chi connectivity index (χ2n) is 4.55. The third-order valence-corrected chi connectivity index (χ3v) is 3.01. The molecule has 0 aromatic heterocycles. The number of aliphatic hydroxyl groups is 1. The molecule has 0 unspecified atom stereocenters. The van der Waals surface area contributed by atoms with E-state index in [4.69, 9.17) is 5.11 Å². The van der Waals surface area contributed by atoms with E-state index in [0.29, 0.717) is 12.6 Å². The minimum atomic E-state index is 0.326. The topological polar surface area (TPSA) is 32.3 Å². The number of aliphatic hydroxyl groups excluding tert-OH is 1. The van der Waals surface area contributed by atoms with Crippen molar-refractivity contribution in [3.05, 3.63) is 0 Å². The van der Waals surface area contributed by atoms with Gasteiger partial charge in [-0.15, -0.1) is 0 Å². The van der Waals surface area contributed by atoms with Crippen LogP contribution in [-0.4, -0.2) is 23.8 Å². The molecule has 0 aliphatic heterocycles. The molecule has 0 amide bonds. The first-order valence-electron chi connectivity index (χ1n) is 5.59. The fourth-order valence-electron chi connectivity index (χ4n) is 2.24. The van der Waals surface area contributed by atoms with Crippen LogP contribution in [0.25, 0.3) is 0 Å². The Labute approximate surface area is 81.7 Å². The van der Waals surface area contributed by atoms with Crippen LogP contribution in [0.2, 0.25) is 0 Å². The molecule has 0 saturated heterocycles. The van der Waals surface area contributed by atoms with Crippen molar-refractivity contribution >= 4 is 0 Å². The van der Waals surface area contributed by atoms with Gasteiger partial charge in [-0.3, -0.25) is 0 Å². The van der Waals surface area contributed by atoms with E-state index in [1.807, 2.05) is 0 Å². The predicted molar refractivity (Wildman–Crippen MR) is 55.7 cm³/mol. The Kier molecular flexibility index (Phi) is 4.74. The van der Waals surface area contributed by atoms with Crippen molar-refractivity contribution in [2.45, 2.75) is 58.0 Å². The Morgan fingerprint density at radius 3 is 2.77 bits per heavy atom. The largest absolute Gasteiger partial charge is 0.396 e. The number of nitrogens with one attached hydrogen (secondary N) is 1. The maximum absolute atomic E-state index is 8.69. The summed E-state index contributed by atoms with van der Waals surface area (Å²) in [6.07, 6.45) is 6.08. The van der Waals surface area contributed by atoms with E-state index >= 15 is 0 Å². The average molecular weight is 185 g/mol. The van der Waals surface area contributed by atoms with Crippen molar-refractivity contribution in [1.82, 2.24) is 5.32 Å². The van der Waals surface area contributed by atoms with Gasteiger partial charge in [-0.2, -0.15) is 0 Å². The quantitative estimate of drug-likeness (QED) is 0.686. The maximum Gasteiger partial charge on any atom is 0.0431 e. The maximum atomic E-state index is 8.69. The van der Waals surface area contributed by atoms with E-state index < -0.39 is 0 Å². The third-order valence-electron chi connectivity index (χ3n) is 3.01. The lowest BCUT2D eigenvalue weighted by Crippen LogP contribution is -2.34. The molecular weight excluding hydrogens is 162 g/mol. The zero-order valence-electron chi connectivity index (χ0n) is 8.92. The summed E-state index contributed by atoms with van der Waals surface area (Å²) in [5.41, 5.74) is 0. The standard InChI is InChI=1S/C11H23NO/c1-9-5-6-11(8-9)12-10(2)4-3-7-13/h9-13H,3-8H2,1-2H3/t9-,10-,11-/m0/s1. The smallest absolute Gasteiger partial charge is 0.0431 e. The van der Waals surface area contributed by atoms with Crippen molar-refractivity contribution in [2.24, 2.45) is 5.92 Å². The van der Waals surface area contributed by atoms with E-state index in [2.05, 4.69) is 19.2 Å². The average Bonchev–Trinajstić information content (AvgIpc) is 2.48. The van der Waals surface area contributed by atoms with Crippen LogP contribution in [0.4, 0.5) is 0 Å². The first-order chi connectivity index (χ1) is 6.22. The van der Waals surface area contributed by atoms with E-state index in [1.165, 1.54) is 19.3 Å². The first kappa shape index (κ1) is 11.0. The molecule has 0 bridgehead atoms. The molecule has 0 spiro atoms. The van der Waals surface area contributed by atoms with E-state index in [9.17, 15) is 0 Å². The molecule has 1 aliphatic carbocycles. The van der Waals surface area contributed by atoms with Crippen LogP contribution < -0.4 is 5.32 Å². The SMILES string of the molecule is C[C@H]1CC[C@H](N[C@@H](C)CCCO)C1. The molecule has 0 heterocycles. The predicted octanol–water partition coefficient (Wildman–Crippen LogP) is 1.93. The van der Waals surface area contributed by atoms with E-state index in [1.54, 1.807) is 0 Å². The van der Waals surface area contributed by atoms with Crippen LogP contribution in [0.3, 0.4) is 0 Å². The van der Waals surface area contributed by atoms with Crippen molar-refractivity contribution < 1.29 is 5.11 Å². The Hall–Kier alpha value is -0.0800. The highest BCUT2D eigenvalue weighted by Crippen LogP contribution is 2.25. The molecule has 13 heavy (non-hydrogen) atoms. The van der Waals surface area contributed by atoms with Gasteiger partial charge in [0.15, 0.2) is 0 Å². The highest BCUT2D eigenvalue weighted by Gasteiger charge is 2.21. The van der Waals surface area contributed by atoms with Gasteiger partial charge in [0.1, 0.15) is 0 Å². The third kappa shape index (κ3) is 4.10. The lowest BCUT2D eigenvalue weighted by atomic mass is 10.1. The number of hydrogen-bond donors (Lipinski definition) is 2. The first-order valence-corrected chi connectivity index (χ1v) is 5.59. The van der Waals surface area contributed by atoms with Crippen molar-refractivity contribution in [3.8, 4) is 0 Å². The van der Waals surface area contributed by atoms with Gasteiger partial charge >= 0.3 is 0 Å². The molecule has 0 radical (unpaired) electrons. The van der Waals surface area contributed by atoms with Gasteiger partial charge in [0, 0.05) is 18.7 Å². The number of rotatable bonds is 5. The van der Waals surface area contributed by atoms with Crippen molar-refractivity contribution in [3.63, 3.8) is 0 Å². The lowest BCUT2D eigenvalue weighted by molar-refractivity contribution is 0.273. The molecule has 2 heteroatoms. The molecule has 1 saturated carbocycles. The molecule has 0 aromatic rings. The van der Waals surface area contributed by atoms with Gasteiger partial charge in [0.05, 0.1) is 0 Å². The zero-order chi connectivity index (χ0) is 9.68. The summed E-state index contributed by atoms with van der Waals surface area (Å²) in [6.45, 7) is 4.88. The summed E-state index contributed by atoms with van der Waals surface area (Å²) in [4.78, 5) is 0. The summed E-state index contributed by atoms with van der Waals surface area (Å²) in [5, 5.41) is 12.3. The van der Waals surface area contributed by atoms with Crippen LogP contribution >= 0.6 is 0 Å². The summed E-state index contributed by atoms with van der Waals surface area (Å²) < 4.78 is 0. The molecule has 3 atom stereocenters. The van der Waals surface area contributed by atoms with Gasteiger partial charge in [-0.05, 0) is 44.9 Å². The lowest BCUT2D eigenvalue weighted by Gasteiger charge is -2.18. The normalized spacial score (nSPS) is 30.7. The van der Waals surface area contributed by atoms with Gasteiger partial charge < -0.3 is 10.4 Å². The minimum Gasteiger partial charge on any atom is -0.396 e. The monoisotopic (exact) mass is 185 g/mol. The summed E-state index contributed by atoms with van der Waals surface area (Å²) >= 11 is 0. The van der Waals surface area contributed by atoms with Gasteiger partial charge in [-0.1, -0.05) is 6.92 Å². The van der Waals surface area contributed by atoms with E-state index in [0.717, 1.165) is 24.8 Å². The Bertz CT molecular complexity index is 138. The molecule has 1 rings (SSSR count). The van der Waals surface area contributed by atoms with E-state index in [-0.39, 0.29) is 0 Å². The number of hydrogen-bond acceptors (Lipinski definition) is 2. The van der Waals surface area contributed by atoms with Gasteiger partial charge in [0.2, 0.25) is 0 Å². The van der Waals surface area contributed by atoms with Gasteiger partial charge in [-0.25, -0.2) is 0 Å². The Morgan fingerprint density at radius 2 is 2.23 bits per heavy atom. The second kappa shape index (κ2) is 5.61. The van der Waals surface area contributed by atoms with Crippen LogP contribution in [0.15, 0.2) is 0 Å². The molecule has 0 aromatic carbocycles. The summed E-state index contributed by atoms with van der Waals surface area (Å²) in [7, 11) is 0. The molecule has 2 nitrogen and oxygen atoms in total. The fourth-order valence-corrected chi connectivity index (χ4v) is 2.24. The summed E-state index contributed by atoms with van der Waals surface area (Å²) in [6, 6.07) is 1.31. The van der Waals surface area contributed by atoms with Crippen molar-refractivity contribution in [1.29, 1.82) is 0 Å². The zero-order valence-corrected chi connectivity index (χ0v) is 8.92. The summed E-state index contributed by atoms with van der Waals surface area (Å²) in [5.74, 6) is 0.905. The van der Waals surface area contributed by atoms with Crippen molar-refractivity contribution in [2.75, 3.05) is 6.61 Å². The van der Waals surface area contributed by atoms with Gasteiger partial charge in [0.25, 0.3) is 0 Å². The van der Waals surface area contributed by atoms with Crippen LogP contribution in [-0.2, 0) is 0 Å². The van der Waals surface area contributed by atoms with Crippen LogP contribution in [0.5, 0.6) is 0 Å². The molecular formula is C11H23NO. The molecule has 1 aliphatic rings. The Morgan fingerprint density at radius 1 is 1.46 bits per heavy atom. The molecule has 1 fully saturated rings. The fraction of sp³-hybridized carbons (Fsp3) is 1.00. The molecule has 78 valence electrons. The van der Waals surface area contributed by atoms with Crippen LogP contribution in [0, 0.1) is 5.92 Å². The van der Waals surface area contributed by atoms with Crippen LogP contribution in [0.1, 0.15) is 46.0 Å². The second-order valence-corrected chi connectivity index (χ2v) is 4.55. The highest BCUT2D eigenvalue weighted by atomic mass is 16.2.